The molecule has 0 saturated carbocycles. The second-order valence-electron chi connectivity index (χ2n) is 8.45. The van der Waals surface area contributed by atoms with Crippen molar-refractivity contribution in [2.45, 2.75) is 46.8 Å². The van der Waals surface area contributed by atoms with Crippen LogP contribution in [0.3, 0.4) is 0 Å². The lowest BCUT2D eigenvalue weighted by Gasteiger charge is -2.35. The third-order valence-corrected chi connectivity index (χ3v) is 5.50. The van der Waals surface area contributed by atoms with Crippen LogP contribution in [0, 0.1) is 11.8 Å². The lowest BCUT2D eigenvalue weighted by atomic mass is 9.91. The summed E-state index contributed by atoms with van der Waals surface area (Å²) in [6.07, 6.45) is 3.17. The number of aliphatic imine (C=N–C) groups is 1. The molecule has 1 aromatic heterocycles. The minimum atomic E-state index is 0. The second-order valence-corrected chi connectivity index (χ2v) is 8.45. The summed E-state index contributed by atoms with van der Waals surface area (Å²) in [6.45, 7) is 12.5. The van der Waals surface area contributed by atoms with Crippen LogP contribution in [0.15, 0.2) is 41.5 Å². The van der Waals surface area contributed by atoms with E-state index in [2.05, 4.69) is 65.7 Å². The zero-order chi connectivity index (χ0) is 20.6. The van der Waals surface area contributed by atoms with E-state index in [4.69, 9.17) is 4.99 Å². The van der Waals surface area contributed by atoms with Gasteiger partial charge < -0.3 is 10.6 Å². The van der Waals surface area contributed by atoms with E-state index in [1.54, 1.807) is 0 Å². The van der Waals surface area contributed by atoms with E-state index < -0.39 is 0 Å². The maximum absolute atomic E-state index is 4.73. The summed E-state index contributed by atoms with van der Waals surface area (Å²) in [5, 5.41) is 10.9. The van der Waals surface area contributed by atoms with E-state index in [-0.39, 0.29) is 24.0 Å². The highest BCUT2D eigenvalue weighted by Crippen LogP contribution is 2.22. The van der Waals surface area contributed by atoms with Gasteiger partial charge in [-0.3, -0.25) is 9.58 Å². The Morgan fingerprint density at radius 1 is 1.07 bits per heavy atom. The molecule has 0 bridgehead atoms. The molecule has 6 nitrogen and oxygen atoms in total. The Morgan fingerprint density at radius 3 is 2.33 bits per heavy atom. The molecule has 1 aliphatic heterocycles. The predicted molar refractivity (Wildman–Crippen MR) is 135 cm³/mol. The van der Waals surface area contributed by atoms with Gasteiger partial charge in [0.25, 0.3) is 0 Å². The number of nitrogens with one attached hydrogen (secondary N) is 2. The van der Waals surface area contributed by atoms with E-state index in [0.29, 0.717) is 13.1 Å². The van der Waals surface area contributed by atoms with Crippen molar-refractivity contribution in [2.24, 2.45) is 23.9 Å². The van der Waals surface area contributed by atoms with Gasteiger partial charge in [-0.2, -0.15) is 5.10 Å². The molecule has 0 spiro atoms. The number of likely N-dealkylation sites (tertiary alicyclic amines) is 1. The van der Waals surface area contributed by atoms with E-state index in [1.165, 1.54) is 30.6 Å². The normalized spacial score (nSPS) is 19.9. The molecule has 2 heterocycles. The highest BCUT2D eigenvalue weighted by molar-refractivity contribution is 14.0. The monoisotopic (exact) mass is 524 g/mol. The van der Waals surface area contributed by atoms with Crippen LogP contribution in [-0.2, 0) is 26.7 Å². The minimum absolute atomic E-state index is 0. The first-order valence-corrected chi connectivity index (χ1v) is 10.8. The first kappa shape index (κ1) is 24.7. The molecule has 2 N–H and O–H groups in total. The first-order valence-electron chi connectivity index (χ1n) is 10.8. The fourth-order valence-corrected chi connectivity index (χ4v) is 4.19. The Morgan fingerprint density at radius 2 is 1.73 bits per heavy atom. The van der Waals surface area contributed by atoms with Crippen LogP contribution in [0.4, 0.5) is 0 Å². The van der Waals surface area contributed by atoms with Crippen LogP contribution in [0.25, 0.3) is 0 Å². The Hall–Kier alpha value is -1.61. The number of rotatable bonds is 7. The first-order chi connectivity index (χ1) is 14.0. The van der Waals surface area contributed by atoms with Gasteiger partial charge in [0, 0.05) is 39.4 Å². The average Bonchev–Trinajstić information content (AvgIpc) is 3.09. The van der Waals surface area contributed by atoms with Gasteiger partial charge in [-0.1, -0.05) is 38.1 Å². The van der Waals surface area contributed by atoms with Crippen LogP contribution in [0.5, 0.6) is 0 Å². The van der Waals surface area contributed by atoms with Gasteiger partial charge in [0.2, 0.25) is 0 Å². The Bertz CT molecular complexity index is 775. The zero-order valence-electron chi connectivity index (χ0n) is 18.8. The zero-order valence-corrected chi connectivity index (χ0v) is 21.1. The van der Waals surface area contributed by atoms with E-state index >= 15 is 0 Å². The third-order valence-electron chi connectivity index (χ3n) is 5.50. The highest BCUT2D eigenvalue weighted by Gasteiger charge is 2.21. The summed E-state index contributed by atoms with van der Waals surface area (Å²) >= 11 is 0. The van der Waals surface area contributed by atoms with Gasteiger partial charge >= 0.3 is 0 Å². The molecule has 0 radical (unpaired) electrons. The molecule has 0 amide bonds. The lowest BCUT2D eigenvalue weighted by molar-refractivity contribution is 0.134. The van der Waals surface area contributed by atoms with Crippen LogP contribution >= 0.6 is 24.0 Å². The standard InChI is InChI=1S/C23H36N6.HI/c1-5-24-23(26-14-22-10-11-27-28(22)4)25-13-20-6-8-21(9-7-20)17-29-15-18(2)12-19(3)16-29;/h6-11,18-19H,5,12-17H2,1-4H3,(H2,24,25,26);1H. The Balaban J connectivity index is 0.00000320. The lowest BCUT2D eigenvalue weighted by Crippen LogP contribution is -2.38. The van der Waals surface area contributed by atoms with Crippen molar-refractivity contribution >= 4 is 29.9 Å². The van der Waals surface area contributed by atoms with Crippen LogP contribution in [0.1, 0.15) is 44.0 Å². The van der Waals surface area contributed by atoms with Gasteiger partial charge in [0.05, 0.1) is 18.8 Å². The van der Waals surface area contributed by atoms with Crippen molar-refractivity contribution in [1.82, 2.24) is 25.3 Å². The molecule has 1 saturated heterocycles. The summed E-state index contributed by atoms with van der Waals surface area (Å²) < 4.78 is 1.87. The molecule has 1 aromatic carbocycles. The largest absolute Gasteiger partial charge is 0.357 e. The molecule has 1 aliphatic rings. The van der Waals surface area contributed by atoms with Crippen molar-refractivity contribution in [3.63, 3.8) is 0 Å². The number of hydrogen-bond donors (Lipinski definition) is 2. The maximum Gasteiger partial charge on any atom is 0.191 e. The van der Waals surface area contributed by atoms with Gasteiger partial charge in [-0.15, -0.1) is 24.0 Å². The Labute approximate surface area is 198 Å². The summed E-state index contributed by atoms with van der Waals surface area (Å²) in [4.78, 5) is 7.33. The third kappa shape index (κ3) is 7.58. The molecule has 3 rings (SSSR count). The van der Waals surface area contributed by atoms with E-state index in [9.17, 15) is 0 Å². The smallest absolute Gasteiger partial charge is 0.191 e. The SMILES string of the molecule is CCNC(=NCc1ccc(CN2CC(C)CC(C)C2)cc1)NCc1ccnn1C.I. The molecule has 0 aliphatic carbocycles. The number of aryl methyl sites for hydroxylation is 1. The van der Waals surface area contributed by atoms with Crippen LogP contribution in [-0.4, -0.2) is 40.3 Å². The highest BCUT2D eigenvalue weighted by atomic mass is 127. The minimum Gasteiger partial charge on any atom is -0.357 e. The molecule has 7 heteroatoms. The number of hydrogen-bond acceptors (Lipinski definition) is 3. The average molecular weight is 524 g/mol. The number of nitrogens with zero attached hydrogens (tertiary/aromatic N) is 4. The molecule has 166 valence electrons. The van der Waals surface area contributed by atoms with Crippen molar-refractivity contribution in [3.05, 3.63) is 53.3 Å². The van der Waals surface area contributed by atoms with Crippen molar-refractivity contribution < 1.29 is 0 Å². The number of benzene rings is 1. The second kappa shape index (κ2) is 12.3. The Kier molecular flexibility index (Phi) is 10.1. The topological polar surface area (TPSA) is 57.5 Å². The number of piperidine rings is 1. The quantitative estimate of drug-likeness (QED) is 0.329. The van der Waals surface area contributed by atoms with Gasteiger partial charge in [0.1, 0.15) is 0 Å². The number of halogens is 1. The summed E-state index contributed by atoms with van der Waals surface area (Å²) in [5.74, 6) is 2.43. The fraction of sp³-hybridized carbons (Fsp3) is 0.565. The molecule has 1 fully saturated rings. The van der Waals surface area contributed by atoms with Crippen LogP contribution in [0.2, 0.25) is 0 Å². The van der Waals surface area contributed by atoms with Crippen LogP contribution < -0.4 is 10.6 Å². The van der Waals surface area contributed by atoms with E-state index in [1.807, 2.05) is 24.0 Å². The summed E-state index contributed by atoms with van der Waals surface area (Å²) in [7, 11) is 1.95. The molecule has 30 heavy (non-hydrogen) atoms. The van der Waals surface area contributed by atoms with Gasteiger partial charge in [-0.25, -0.2) is 4.99 Å². The maximum atomic E-state index is 4.73. The summed E-state index contributed by atoms with van der Waals surface area (Å²) in [5.41, 5.74) is 3.74. The summed E-state index contributed by atoms with van der Waals surface area (Å²) in [6, 6.07) is 10.9. The molecular weight excluding hydrogens is 487 g/mol. The number of guanidine groups is 1. The molecule has 2 unspecified atom stereocenters. The molecule has 2 atom stereocenters. The molecular formula is C23H37IN6. The van der Waals surface area contributed by atoms with Gasteiger partial charge in [-0.05, 0) is 42.4 Å². The van der Waals surface area contributed by atoms with Crippen molar-refractivity contribution in [3.8, 4) is 0 Å². The fourth-order valence-electron chi connectivity index (χ4n) is 4.19. The molecule has 2 aromatic rings. The van der Waals surface area contributed by atoms with E-state index in [0.717, 1.165) is 36.6 Å². The predicted octanol–water partition coefficient (Wildman–Crippen LogP) is 3.77. The van der Waals surface area contributed by atoms with Crippen molar-refractivity contribution in [1.29, 1.82) is 0 Å². The van der Waals surface area contributed by atoms with Crippen molar-refractivity contribution in [2.75, 3.05) is 19.6 Å². The van der Waals surface area contributed by atoms with Gasteiger partial charge in [0.15, 0.2) is 5.96 Å². The number of aromatic nitrogens is 2.